The molecule has 1 aliphatic rings. The van der Waals surface area contributed by atoms with Crippen molar-refractivity contribution in [2.75, 3.05) is 25.1 Å². The smallest absolute Gasteiger partial charge is 0.224 e. The van der Waals surface area contributed by atoms with Crippen molar-refractivity contribution >= 4 is 15.7 Å². The summed E-state index contributed by atoms with van der Waals surface area (Å²) in [5.74, 6) is 0.142. The van der Waals surface area contributed by atoms with Gasteiger partial charge in [0.15, 0.2) is 9.84 Å². The van der Waals surface area contributed by atoms with E-state index in [2.05, 4.69) is 10.3 Å². The van der Waals surface area contributed by atoms with E-state index in [9.17, 15) is 13.2 Å². The number of pyridine rings is 1. The molecule has 1 unspecified atom stereocenters. The summed E-state index contributed by atoms with van der Waals surface area (Å²) < 4.78 is 23.1. The Bertz CT molecular complexity index is 559. The lowest BCUT2D eigenvalue weighted by Gasteiger charge is -2.25. The molecule has 1 aromatic rings. The largest absolute Gasteiger partial charge is 0.341 e. The van der Waals surface area contributed by atoms with Crippen LogP contribution in [0.5, 0.6) is 0 Å². The zero-order valence-corrected chi connectivity index (χ0v) is 12.3. The van der Waals surface area contributed by atoms with Crippen molar-refractivity contribution in [2.45, 2.75) is 19.0 Å². The monoisotopic (exact) mass is 297 g/mol. The third-order valence-electron chi connectivity index (χ3n) is 3.32. The maximum absolute atomic E-state index is 12.1. The van der Waals surface area contributed by atoms with Crippen molar-refractivity contribution < 1.29 is 13.2 Å². The second-order valence-electron chi connectivity index (χ2n) is 5.07. The second kappa shape index (κ2) is 6.32. The van der Waals surface area contributed by atoms with Crippen molar-refractivity contribution in [1.82, 2.24) is 15.2 Å². The first-order chi connectivity index (χ1) is 9.46. The number of aromatic nitrogens is 1. The Morgan fingerprint density at radius 3 is 2.80 bits per heavy atom. The van der Waals surface area contributed by atoms with Gasteiger partial charge >= 0.3 is 0 Å². The maximum Gasteiger partial charge on any atom is 0.224 e. The summed E-state index contributed by atoms with van der Waals surface area (Å²) in [6.07, 6.45) is 3.58. The number of sulfone groups is 1. The Morgan fingerprint density at radius 1 is 1.45 bits per heavy atom. The average Bonchev–Trinajstić information content (AvgIpc) is 2.38. The highest BCUT2D eigenvalue weighted by Gasteiger charge is 2.26. The molecule has 0 spiro atoms. The normalized spacial score (nSPS) is 21.4. The predicted molar refractivity (Wildman–Crippen MR) is 75.8 cm³/mol. The van der Waals surface area contributed by atoms with Gasteiger partial charge in [0, 0.05) is 45.0 Å². The van der Waals surface area contributed by atoms with Crippen LogP contribution in [0.15, 0.2) is 24.5 Å². The van der Waals surface area contributed by atoms with Crippen molar-refractivity contribution in [1.29, 1.82) is 0 Å². The lowest BCUT2D eigenvalue weighted by molar-refractivity contribution is -0.130. The fourth-order valence-electron chi connectivity index (χ4n) is 2.22. The molecule has 0 radical (unpaired) electrons. The Hall–Kier alpha value is -1.47. The Morgan fingerprint density at radius 2 is 2.15 bits per heavy atom. The van der Waals surface area contributed by atoms with Gasteiger partial charge in [-0.2, -0.15) is 0 Å². The standard InChI is InChI=1S/C13H19N3O3S/c1-16(9-11-2-4-14-5-3-11)13(17)8-12-10-20(18,19)7-6-15-12/h2-5,12,15H,6-10H2,1H3. The molecule has 6 nitrogen and oxygen atoms in total. The molecule has 0 aliphatic carbocycles. The van der Waals surface area contributed by atoms with E-state index in [4.69, 9.17) is 0 Å². The van der Waals surface area contributed by atoms with Crippen LogP contribution in [0, 0.1) is 0 Å². The molecule has 1 aromatic heterocycles. The van der Waals surface area contributed by atoms with Crippen molar-refractivity contribution in [3.05, 3.63) is 30.1 Å². The highest BCUT2D eigenvalue weighted by atomic mass is 32.2. The summed E-state index contributed by atoms with van der Waals surface area (Å²) in [5.41, 5.74) is 1.00. The van der Waals surface area contributed by atoms with E-state index in [1.54, 1.807) is 24.3 Å². The van der Waals surface area contributed by atoms with Crippen LogP contribution in [-0.4, -0.2) is 55.3 Å². The number of nitrogens with zero attached hydrogens (tertiary/aromatic N) is 2. The molecule has 1 saturated heterocycles. The van der Waals surface area contributed by atoms with E-state index < -0.39 is 9.84 Å². The molecule has 1 amide bonds. The lowest BCUT2D eigenvalue weighted by atomic mass is 10.2. The minimum absolute atomic E-state index is 0.0435. The van der Waals surface area contributed by atoms with Crippen LogP contribution in [0.1, 0.15) is 12.0 Å². The van der Waals surface area contributed by atoms with Crippen molar-refractivity contribution in [3.8, 4) is 0 Å². The molecule has 0 bridgehead atoms. The van der Waals surface area contributed by atoms with Crippen LogP contribution in [0.4, 0.5) is 0 Å². The average molecular weight is 297 g/mol. The SMILES string of the molecule is CN(Cc1ccncc1)C(=O)CC1CS(=O)(=O)CCN1. The highest BCUT2D eigenvalue weighted by Crippen LogP contribution is 2.08. The van der Waals surface area contributed by atoms with Crippen LogP contribution < -0.4 is 5.32 Å². The van der Waals surface area contributed by atoms with Gasteiger partial charge in [0.1, 0.15) is 0 Å². The van der Waals surface area contributed by atoms with E-state index in [1.807, 2.05) is 12.1 Å². The molecular weight excluding hydrogens is 278 g/mol. The summed E-state index contributed by atoms with van der Waals surface area (Å²) >= 11 is 0. The second-order valence-corrected chi connectivity index (χ2v) is 7.30. The summed E-state index contributed by atoms with van der Waals surface area (Å²) in [6.45, 7) is 0.926. The summed E-state index contributed by atoms with van der Waals surface area (Å²) in [6, 6.07) is 3.43. The Labute approximate surface area is 119 Å². The van der Waals surface area contributed by atoms with Crippen LogP contribution in [0.3, 0.4) is 0 Å². The van der Waals surface area contributed by atoms with Crippen LogP contribution in [0.25, 0.3) is 0 Å². The van der Waals surface area contributed by atoms with Gasteiger partial charge in [-0.25, -0.2) is 8.42 Å². The molecular formula is C13H19N3O3S. The van der Waals surface area contributed by atoms with Gasteiger partial charge in [0.25, 0.3) is 0 Å². The first-order valence-electron chi connectivity index (χ1n) is 6.53. The van der Waals surface area contributed by atoms with E-state index in [1.165, 1.54) is 0 Å². The molecule has 2 heterocycles. The van der Waals surface area contributed by atoms with E-state index in [0.717, 1.165) is 5.56 Å². The van der Waals surface area contributed by atoms with Gasteiger partial charge < -0.3 is 10.2 Å². The van der Waals surface area contributed by atoms with Crippen LogP contribution in [-0.2, 0) is 21.2 Å². The Kier molecular flexibility index (Phi) is 4.72. The van der Waals surface area contributed by atoms with E-state index >= 15 is 0 Å². The molecule has 20 heavy (non-hydrogen) atoms. The summed E-state index contributed by atoms with van der Waals surface area (Å²) in [4.78, 5) is 17.6. The van der Waals surface area contributed by atoms with Gasteiger partial charge in [-0.3, -0.25) is 9.78 Å². The number of hydrogen-bond donors (Lipinski definition) is 1. The fourth-order valence-corrected chi connectivity index (χ4v) is 3.66. The zero-order valence-electron chi connectivity index (χ0n) is 11.4. The van der Waals surface area contributed by atoms with Gasteiger partial charge in [-0.1, -0.05) is 0 Å². The minimum Gasteiger partial charge on any atom is -0.341 e. The maximum atomic E-state index is 12.1. The molecule has 1 atom stereocenters. The molecule has 7 heteroatoms. The number of nitrogens with one attached hydrogen (secondary N) is 1. The predicted octanol–water partition coefficient (Wildman–Crippen LogP) is -0.183. The Balaban J connectivity index is 1.88. The summed E-state index contributed by atoms with van der Waals surface area (Å²) in [7, 11) is -1.28. The first-order valence-corrected chi connectivity index (χ1v) is 8.35. The fraction of sp³-hybridized carbons (Fsp3) is 0.538. The van der Waals surface area contributed by atoms with Crippen LogP contribution >= 0.6 is 0 Å². The third kappa shape index (κ3) is 4.28. The number of hydrogen-bond acceptors (Lipinski definition) is 5. The molecule has 1 N–H and O–H groups in total. The van der Waals surface area contributed by atoms with Gasteiger partial charge in [0.2, 0.25) is 5.91 Å². The number of carbonyl (C=O) groups is 1. The molecule has 110 valence electrons. The highest BCUT2D eigenvalue weighted by molar-refractivity contribution is 7.91. The van der Waals surface area contributed by atoms with Gasteiger partial charge in [-0.05, 0) is 17.7 Å². The number of rotatable bonds is 4. The molecule has 1 aliphatic heterocycles. The third-order valence-corrected chi connectivity index (χ3v) is 5.05. The summed E-state index contributed by atoms with van der Waals surface area (Å²) in [5, 5.41) is 3.09. The van der Waals surface area contributed by atoms with E-state index in [-0.39, 0.29) is 29.9 Å². The van der Waals surface area contributed by atoms with Gasteiger partial charge in [0.05, 0.1) is 11.5 Å². The van der Waals surface area contributed by atoms with Crippen molar-refractivity contribution in [3.63, 3.8) is 0 Å². The minimum atomic E-state index is -3.00. The molecule has 0 aromatic carbocycles. The van der Waals surface area contributed by atoms with E-state index in [0.29, 0.717) is 13.1 Å². The van der Waals surface area contributed by atoms with Crippen LogP contribution in [0.2, 0.25) is 0 Å². The van der Waals surface area contributed by atoms with Crippen molar-refractivity contribution in [2.24, 2.45) is 0 Å². The number of carbonyl (C=O) groups excluding carboxylic acids is 1. The first kappa shape index (κ1) is 14.9. The van der Waals surface area contributed by atoms with Gasteiger partial charge in [-0.15, -0.1) is 0 Å². The topological polar surface area (TPSA) is 79.4 Å². The molecule has 2 rings (SSSR count). The quantitative estimate of drug-likeness (QED) is 0.834. The molecule has 1 fully saturated rings. The number of amides is 1. The molecule has 0 saturated carbocycles. The zero-order chi connectivity index (χ0) is 14.6. The lowest BCUT2D eigenvalue weighted by Crippen LogP contribution is -2.47.